The fraction of sp³-hybridized carbons (Fsp3) is 0.417. The van der Waals surface area contributed by atoms with Crippen LogP contribution in [0.4, 0.5) is 4.39 Å². The molecule has 92 valence electrons. The summed E-state index contributed by atoms with van der Waals surface area (Å²) in [6.07, 6.45) is 0.967. The number of fused-ring (bicyclic) bond motifs is 1. The zero-order valence-electron chi connectivity index (χ0n) is 9.83. The first-order chi connectivity index (χ1) is 8.21. The number of aryl methyl sites for hydroxylation is 1. The zero-order valence-corrected chi connectivity index (χ0v) is 10.6. The summed E-state index contributed by atoms with van der Waals surface area (Å²) in [5.74, 6) is 0.910. The van der Waals surface area contributed by atoms with Crippen LogP contribution in [0.1, 0.15) is 19.2 Å². The van der Waals surface area contributed by atoms with E-state index in [4.69, 9.17) is 16.3 Å². The minimum absolute atomic E-state index is 0.232. The summed E-state index contributed by atoms with van der Waals surface area (Å²) in [5.41, 5.74) is 1.48. The summed E-state index contributed by atoms with van der Waals surface area (Å²) in [6, 6.07) is 3.06. The Balaban J connectivity index is 2.67. The van der Waals surface area contributed by atoms with Crippen molar-refractivity contribution in [2.45, 2.75) is 25.8 Å². The fourth-order valence-corrected chi connectivity index (χ4v) is 2.11. The van der Waals surface area contributed by atoms with Crippen molar-refractivity contribution in [2.75, 3.05) is 7.11 Å². The van der Waals surface area contributed by atoms with Gasteiger partial charge in [-0.15, -0.1) is 11.6 Å². The average molecular weight is 257 g/mol. The minimum Gasteiger partial charge on any atom is -0.494 e. The van der Waals surface area contributed by atoms with Crippen molar-refractivity contribution in [1.82, 2.24) is 9.55 Å². The Morgan fingerprint density at radius 3 is 2.82 bits per heavy atom. The van der Waals surface area contributed by atoms with Gasteiger partial charge in [0.25, 0.3) is 0 Å². The van der Waals surface area contributed by atoms with Gasteiger partial charge >= 0.3 is 0 Å². The third kappa shape index (κ3) is 2.09. The molecule has 0 fully saturated rings. The number of hydrogen-bond acceptors (Lipinski definition) is 2. The number of aromatic nitrogens is 2. The Bertz CT molecular complexity index is 539. The van der Waals surface area contributed by atoms with Crippen molar-refractivity contribution < 1.29 is 9.13 Å². The molecule has 1 heterocycles. The van der Waals surface area contributed by atoms with Gasteiger partial charge in [0.05, 0.1) is 24.0 Å². The van der Waals surface area contributed by atoms with Gasteiger partial charge in [-0.05, 0) is 6.42 Å². The third-order valence-corrected chi connectivity index (χ3v) is 2.91. The van der Waals surface area contributed by atoms with E-state index in [9.17, 15) is 4.39 Å². The van der Waals surface area contributed by atoms with Crippen LogP contribution in [-0.2, 0) is 12.4 Å². The van der Waals surface area contributed by atoms with Crippen LogP contribution in [0, 0.1) is 5.82 Å². The summed E-state index contributed by atoms with van der Waals surface area (Å²) in [5, 5.41) is 0. The Kier molecular flexibility index (Phi) is 3.52. The summed E-state index contributed by atoms with van der Waals surface area (Å²) in [7, 11) is 1.45. The number of imidazole rings is 1. The summed E-state index contributed by atoms with van der Waals surface area (Å²) in [4.78, 5) is 4.32. The average Bonchev–Trinajstić information content (AvgIpc) is 2.66. The number of halogens is 2. The number of ether oxygens (including phenoxy) is 1. The van der Waals surface area contributed by atoms with E-state index in [1.54, 1.807) is 6.07 Å². The first-order valence-electron chi connectivity index (χ1n) is 5.49. The molecular formula is C12H14ClFN2O. The van der Waals surface area contributed by atoms with Gasteiger partial charge in [-0.1, -0.05) is 6.92 Å². The van der Waals surface area contributed by atoms with E-state index in [0.29, 0.717) is 11.4 Å². The molecule has 0 saturated heterocycles. The maximum Gasteiger partial charge on any atom is 0.167 e. The van der Waals surface area contributed by atoms with Gasteiger partial charge < -0.3 is 9.30 Å². The smallest absolute Gasteiger partial charge is 0.167 e. The van der Waals surface area contributed by atoms with Gasteiger partial charge in [-0.25, -0.2) is 9.37 Å². The van der Waals surface area contributed by atoms with E-state index in [1.807, 2.05) is 4.57 Å². The molecular weight excluding hydrogens is 243 g/mol. The number of nitrogens with zero attached hydrogens (tertiary/aromatic N) is 2. The van der Waals surface area contributed by atoms with Crippen LogP contribution in [0.15, 0.2) is 12.1 Å². The minimum atomic E-state index is -0.401. The highest BCUT2D eigenvalue weighted by Crippen LogP contribution is 2.26. The lowest BCUT2D eigenvalue weighted by Gasteiger charge is -2.06. The topological polar surface area (TPSA) is 27.1 Å². The van der Waals surface area contributed by atoms with Crippen LogP contribution in [0.2, 0.25) is 0 Å². The molecule has 0 radical (unpaired) electrons. The highest BCUT2D eigenvalue weighted by molar-refractivity contribution is 6.16. The lowest BCUT2D eigenvalue weighted by atomic mass is 10.3. The summed E-state index contributed by atoms with van der Waals surface area (Å²) >= 11 is 5.84. The van der Waals surface area contributed by atoms with Gasteiger partial charge in [0, 0.05) is 18.7 Å². The van der Waals surface area contributed by atoms with Crippen molar-refractivity contribution in [2.24, 2.45) is 0 Å². The highest BCUT2D eigenvalue weighted by atomic mass is 35.5. The molecule has 17 heavy (non-hydrogen) atoms. The van der Waals surface area contributed by atoms with Gasteiger partial charge in [0.15, 0.2) is 11.6 Å². The molecule has 0 amide bonds. The van der Waals surface area contributed by atoms with Crippen molar-refractivity contribution in [3.8, 4) is 5.75 Å². The van der Waals surface area contributed by atoms with Crippen molar-refractivity contribution >= 4 is 22.6 Å². The molecule has 0 atom stereocenters. The number of hydrogen-bond donors (Lipinski definition) is 0. The molecule has 0 aliphatic rings. The van der Waals surface area contributed by atoms with Crippen LogP contribution >= 0.6 is 11.6 Å². The second-order valence-corrected chi connectivity index (χ2v) is 4.06. The molecule has 2 rings (SSSR count). The van der Waals surface area contributed by atoms with Crippen LogP contribution in [-0.4, -0.2) is 16.7 Å². The van der Waals surface area contributed by atoms with E-state index in [2.05, 4.69) is 11.9 Å². The van der Waals surface area contributed by atoms with Crippen LogP contribution in [0.5, 0.6) is 5.75 Å². The fourth-order valence-electron chi connectivity index (χ4n) is 1.91. The normalized spacial score (nSPS) is 11.1. The van der Waals surface area contributed by atoms with E-state index in [1.165, 1.54) is 13.2 Å². The maximum absolute atomic E-state index is 13.5. The molecule has 0 unspecified atom stereocenters. The summed E-state index contributed by atoms with van der Waals surface area (Å²) < 4.78 is 20.5. The van der Waals surface area contributed by atoms with Crippen LogP contribution in [0.3, 0.4) is 0 Å². The Labute approximate surface area is 104 Å². The summed E-state index contributed by atoms with van der Waals surface area (Å²) in [6.45, 7) is 2.89. The van der Waals surface area contributed by atoms with E-state index >= 15 is 0 Å². The molecule has 0 aliphatic heterocycles. The lowest BCUT2D eigenvalue weighted by molar-refractivity contribution is 0.387. The van der Waals surface area contributed by atoms with Crippen molar-refractivity contribution in [3.63, 3.8) is 0 Å². The highest BCUT2D eigenvalue weighted by Gasteiger charge is 2.13. The number of methoxy groups -OCH3 is 1. The molecule has 2 aromatic rings. The largest absolute Gasteiger partial charge is 0.494 e. The molecule has 0 aliphatic carbocycles. The Morgan fingerprint density at radius 2 is 2.24 bits per heavy atom. The molecule has 0 bridgehead atoms. The standard InChI is InChI=1S/C12H14ClFN2O/c1-3-4-16-10-6-11(17-2)8(14)5-9(10)15-12(16)7-13/h5-6H,3-4,7H2,1-2H3. The molecule has 1 aromatic carbocycles. The van der Waals surface area contributed by atoms with Gasteiger partial charge in [0.1, 0.15) is 5.82 Å². The number of alkyl halides is 1. The Morgan fingerprint density at radius 1 is 1.47 bits per heavy atom. The van der Waals surface area contributed by atoms with Gasteiger partial charge in [-0.2, -0.15) is 0 Å². The monoisotopic (exact) mass is 256 g/mol. The third-order valence-electron chi connectivity index (χ3n) is 2.67. The van der Waals surface area contributed by atoms with Crippen LogP contribution < -0.4 is 4.74 Å². The predicted octanol–water partition coefficient (Wildman–Crippen LogP) is 3.33. The lowest BCUT2D eigenvalue weighted by Crippen LogP contribution is -2.01. The Hall–Kier alpha value is -1.29. The SMILES string of the molecule is CCCn1c(CCl)nc2cc(F)c(OC)cc21. The first-order valence-corrected chi connectivity index (χ1v) is 6.03. The molecule has 0 saturated carbocycles. The maximum atomic E-state index is 13.5. The van der Waals surface area contributed by atoms with E-state index in [-0.39, 0.29) is 5.75 Å². The first kappa shape index (κ1) is 12.2. The zero-order chi connectivity index (χ0) is 12.4. The molecule has 5 heteroatoms. The molecule has 0 spiro atoms. The van der Waals surface area contributed by atoms with E-state index < -0.39 is 5.82 Å². The molecule has 3 nitrogen and oxygen atoms in total. The van der Waals surface area contributed by atoms with Gasteiger partial charge in [-0.3, -0.25) is 0 Å². The van der Waals surface area contributed by atoms with Crippen molar-refractivity contribution in [1.29, 1.82) is 0 Å². The second kappa shape index (κ2) is 4.92. The molecule has 1 aromatic heterocycles. The number of rotatable bonds is 4. The number of benzene rings is 1. The second-order valence-electron chi connectivity index (χ2n) is 3.79. The predicted molar refractivity (Wildman–Crippen MR) is 66.1 cm³/mol. The van der Waals surface area contributed by atoms with E-state index in [0.717, 1.165) is 24.3 Å². The van der Waals surface area contributed by atoms with Gasteiger partial charge in [0.2, 0.25) is 0 Å². The van der Waals surface area contributed by atoms with Crippen molar-refractivity contribution in [3.05, 3.63) is 23.8 Å². The molecule has 0 N–H and O–H groups in total. The quantitative estimate of drug-likeness (QED) is 0.785. The van der Waals surface area contributed by atoms with Crippen LogP contribution in [0.25, 0.3) is 11.0 Å².